The summed E-state index contributed by atoms with van der Waals surface area (Å²) in [6.45, 7) is 5.06. The predicted molar refractivity (Wildman–Crippen MR) is 119 cm³/mol. The summed E-state index contributed by atoms with van der Waals surface area (Å²) < 4.78 is 13.7. The molecule has 0 aliphatic carbocycles. The number of anilines is 1. The first kappa shape index (κ1) is 20.3. The molecule has 0 unspecified atom stereocenters. The smallest absolute Gasteiger partial charge is 0.235 e. The van der Waals surface area contributed by atoms with Crippen molar-refractivity contribution < 1.29 is 14.3 Å². The lowest BCUT2D eigenvalue weighted by molar-refractivity contribution is -0.113. The molecule has 3 aromatic rings. The number of carbonyl (C=O) groups excluding carboxylic acids is 1. The number of nitrogens with one attached hydrogen (secondary N) is 1. The van der Waals surface area contributed by atoms with Crippen LogP contribution in [0, 0.1) is 6.92 Å². The third-order valence-corrected chi connectivity index (χ3v) is 6.39. The third-order valence-electron chi connectivity index (χ3n) is 5.10. The summed E-state index contributed by atoms with van der Waals surface area (Å²) in [6, 6.07) is 14.2. The van der Waals surface area contributed by atoms with Crippen LogP contribution in [-0.4, -0.2) is 28.0 Å². The molecular formula is C23H25N3O3S. The van der Waals surface area contributed by atoms with E-state index in [1.165, 1.54) is 5.56 Å². The molecule has 0 saturated heterocycles. The van der Waals surface area contributed by atoms with Gasteiger partial charge in [-0.2, -0.15) is 5.10 Å². The molecule has 6 nitrogen and oxygen atoms in total. The minimum absolute atomic E-state index is 0.0164. The second kappa shape index (κ2) is 8.83. The molecule has 0 fully saturated rings. The number of benzene rings is 2. The van der Waals surface area contributed by atoms with Gasteiger partial charge in [0.2, 0.25) is 5.91 Å². The molecule has 1 atom stereocenters. The van der Waals surface area contributed by atoms with Crippen molar-refractivity contribution in [1.82, 2.24) is 9.78 Å². The lowest BCUT2D eigenvalue weighted by Gasteiger charge is -2.18. The Morgan fingerprint density at radius 2 is 2.03 bits per heavy atom. The molecule has 30 heavy (non-hydrogen) atoms. The second-order valence-corrected chi connectivity index (χ2v) is 8.26. The zero-order valence-electron chi connectivity index (χ0n) is 17.3. The van der Waals surface area contributed by atoms with E-state index in [-0.39, 0.29) is 11.2 Å². The fourth-order valence-electron chi connectivity index (χ4n) is 3.50. The van der Waals surface area contributed by atoms with Gasteiger partial charge >= 0.3 is 0 Å². The van der Waals surface area contributed by atoms with Gasteiger partial charge in [-0.15, -0.1) is 11.8 Å². The summed E-state index contributed by atoms with van der Waals surface area (Å²) in [4.78, 5) is 12.1. The number of hydrogen-bond acceptors (Lipinski definition) is 5. The maximum absolute atomic E-state index is 12.1. The minimum Gasteiger partial charge on any atom is -0.490 e. The number of thioether (sulfide) groups is 1. The molecule has 2 aromatic carbocycles. The fraction of sp³-hybridized carbons (Fsp3) is 0.304. The van der Waals surface area contributed by atoms with Gasteiger partial charge in [0, 0.05) is 12.6 Å². The van der Waals surface area contributed by atoms with Gasteiger partial charge in [0.25, 0.3) is 0 Å². The Morgan fingerprint density at radius 3 is 2.83 bits per heavy atom. The predicted octanol–water partition coefficient (Wildman–Crippen LogP) is 4.48. The van der Waals surface area contributed by atoms with Crippen LogP contribution in [0.4, 0.5) is 5.82 Å². The fourth-order valence-corrected chi connectivity index (χ4v) is 4.58. The van der Waals surface area contributed by atoms with E-state index in [1.54, 1.807) is 16.4 Å². The SMILES string of the molecule is CCOc1cc([C@@H]2SCC(=O)Nc3c2cnn3C)ccc1OCc1ccccc1C. The summed E-state index contributed by atoms with van der Waals surface area (Å²) in [5.74, 6) is 2.53. The van der Waals surface area contributed by atoms with Crippen LogP contribution < -0.4 is 14.8 Å². The highest BCUT2D eigenvalue weighted by molar-refractivity contribution is 8.00. The van der Waals surface area contributed by atoms with E-state index in [1.807, 2.05) is 50.5 Å². The highest BCUT2D eigenvalue weighted by atomic mass is 32.2. The first-order valence-electron chi connectivity index (χ1n) is 9.94. The van der Waals surface area contributed by atoms with Crippen LogP contribution in [0.25, 0.3) is 0 Å². The largest absolute Gasteiger partial charge is 0.490 e. The molecule has 1 aliphatic heterocycles. The summed E-state index contributed by atoms with van der Waals surface area (Å²) in [5.41, 5.74) is 4.39. The van der Waals surface area contributed by atoms with E-state index in [0.29, 0.717) is 30.5 Å². The molecule has 0 saturated carbocycles. The van der Waals surface area contributed by atoms with E-state index >= 15 is 0 Å². The highest BCUT2D eigenvalue weighted by Crippen LogP contribution is 2.43. The summed E-state index contributed by atoms with van der Waals surface area (Å²) in [7, 11) is 1.83. The van der Waals surface area contributed by atoms with E-state index in [9.17, 15) is 4.79 Å². The van der Waals surface area contributed by atoms with Gasteiger partial charge < -0.3 is 14.8 Å². The standard InChI is InChI=1S/C23H25N3O3S/c1-4-28-20-11-16(9-10-19(20)29-13-17-8-6-5-7-15(17)2)22-18-12-24-26(3)23(18)25-21(27)14-30-22/h5-12,22H,4,13-14H2,1-3H3,(H,25,27)/t22-/m0/s1. The molecule has 1 N–H and O–H groups in total. The van der Waals surface area contributed by atoms with Crippen molar-refractivity contribution in [2.75, 3.05) is 17.7 Å². The van der Waals surface area contributed by atoms with Crippen molar-refractivity contribution in [3.63, 3.8) is 0 Å². The molecular weight excluding hydrogens is 398 g/mol. The van der Waals surface area contributed by atoms with Crippen LogP contribution in [0.15, 0.2) is 48.7 Å². The molecule has 1 amide bonds. The Labute approximate surface area is 180 Å². The van der Waals surface area contributed by atoms with Crippen molar-refractivity contribution in [2.24, 2.45) is 7.05 Å². The van der Waals surface area contributed by atoms with Crippen LogP contribution in [0.5, 0.6) is 11.5 Å². The number of ether oxygens (including phenoxy) is 2. The number of aromatic nitrogens is 2. The van der Waals surface area contributed by atoms with Crippen molar-refractivity contribution in [3.8, 4) is 11.5 Å². The van der Waals surface area contributed by atoms with Crippen LogP contribution in [-0.2, 0) is 18.4 Å². The van der Waals surface area contributed by atoms with E-state index in [0.717, 1.165) is 22.5 Å². The summed E-state index contributed by atoms with van der Waals surface area (Å²) in [5, 5.41) is 7.26. The Bertz CT molecular complexity index is 1060. The minimum atomic E-state index is -0.0180. The Balaban J connectivity index is 1.63. The maximum Gasteiger partial charge on any atom is 0.235 e. The Hall–Kier alpha value is -2.93. The average molecular weight is 424 g/mol. The number of nitrogens with zero attached hydrogens (tertiary/aromatic N) is 2. The van der Waals surface area contributed by atoms with E-state index in [4.69, 9.17) is 9.47 Å². The van der Waals surface area contributed by atoms with Crippen molar-refractivity contribution in [3.05, 3.63) is 70.9 Å². The van der Waals surface area contributed by atoms with Crippen molar-refractivity contribution in [1.29, 1.82) is 0 Å². The van der Waals surface area contributed by atoms with Gasteiger partial charge in [0.15, 0.2) is 11.5 Å². The number of aryl methyl sites for hydroxylation is 2. The molecule has 1 aromatic heterocycles. The lowest BCUT2D eigenvalue weighted by Crippen LogP contribution is -2.15. The second-order valence-electron chi connectivity index (χ2n) is 7.17. The van der Waals surface area contributed by atoms with Gasteiger partial charge in [-0.3, -0.25) is 9.48 Å². The first-order valence-corrected chi connectivity index (χ1v) is 11.0. The Kier molecular flexibility index (Phi) is 5.99. The number of hydrogen-bond donors (Lipinski definition) is 1. The normalized spacial score (nSPS) is 15.8. The van der Waals surface area contributed by atoms with Crippen LogP contribution in [0.2, 0.25) is 0 Å². The van der Waals surface area contributed by atoms with Crippen molar-refractivity contribution >= 4 is 23.5 Å². The van der Waals surface area contributed by atoms with Crippen molar-refractivity contribution in [2.45, 2.75) is 25.7 Å². The van der Waals surface area contributed by atoms with Gasteiger partial charge in [-0.1, -0.05) is 30.3 Å². The zero-order chi connectivity index (χ0) is 21.1. The van der Waals surface area contributed by atoms with Crippen LogP contribution in [0.1, 0.15) is 34.4 Å². The summed E-state index contributed by atoms with van der Waals surface area (Å²) >= 11 is 1.58. The summed E-state index contributed by atoms with van der Waals surface area (Å²) in [6.07, 6.45) is 1.82. The molecule has 2 heterocycles. The molecule has 156 valence electrons. The van der Waals surface area contributed by atoms with Gasteiger partial charge in [-0.25, -0.2) is 0 Å². The average Bonchev–Trinajstić information content (AvgIpc) is 2.99. The molecule has 0 radical (unpaired) electrons. The molecule has 0 bridgehead atoms. The molecule has 0 spiro atoms. The topological polar surface area (TPSA) is 65.4 Å². The number of fused-ring (bicyclic) bond motifs is 1. The molecule has 7 heteroatoms. The number of rotatable bonds is 6. The molecule has 4 rings (SSSR count). The maximum atomic E-state index is 12.1. The Morgan fingerprint density at radius 1 is 1.20 bits per heavy atom. The first-order chi connectivity index (χ1) is 14.6. The van der Waals surface area contributed by atoms with E-state index < -0.39 is 0 Å². The number of carbonyl (C=O) groups is 1. The van der Waals surface area contributed by atoms with Gasteiger partial charge in [0.05, 0.1) is 23.8 Å². The van der Waals surface area contributed by atoms with Gasteiger partial charge in [-0.05, 0) is 42.7 Å². The quantitative estimate of drug-likeness (QED) is 0.633. The monoisotopic (exact) mass is 423 g/mol. The van der Waals surface area contributed by atoms with E-state index in [2.05, 4.69) is 29.5 Å². The number of amides is 1. The van der Waals surface area contributed by atoms with Gasteiger partial charge in [0.1, 0.15) is 12.4 Å². The van der Waals surface area contributed by atoms with Crippen LogP contribution in [0.3, 0.4) is 0 Å². The third kappa shape index (κ3) is 4.16. The zero-order valence-corrected chi connectivity index (χ0v) is 18.2. The lowest BCUT2D eigenvalue weighted by atomic mass is 10.1. The molecule has 1 aliphatic rings. The van der Waals surface area contributed by atoms with Crippen LogP contribution >= 0.6 is 11.8 Å². The highest BCUT2D eigenvalue weighted by Gasteiger charge is 2.27.